The fourth-order valence-corrected chi connectivity index (χ4v) is 3.49. The van der Waals surface area contributed by atoms with Crippen molar-refractivity contribution in [1.29, 1.82) is 0 Å². The van der Waals surface area contributed by atoms with Crippen molar-refractivity contribution in [2.45, 2.75) is 26.3 Å². The number of aryl methyl sites for hydroxylation is 2. The van der Waals surface area contributed by atoms with E-state index in [1.54, 1.807) is 6.20 Å². The molecular formula is C20H20FN5O2. The lowest BCUT2D eigenvalue weighted by Crippen LogP contribution is -2.23. The van der Waals surface area contributed by atoms with Gasteiger partial charge in [-0.3, -0.25) is 9.20 Å². The molecule has 1 aliphatic rings. The van der Waals surface area contributed by atoms with Crippen molar-refractivity contribution in [2.75, 3.05) is 11.9 Å². The van der Waals surface area contributed by atoms with Gasteiger partial charge in [0.15, 0.2) is 5.65 Å². The first-order chi connectivity index (χ1) is 13.5. The Morgan fingerprint density at radius 3 is 2.86 bits per heavy atom. The third-order valence-corrected chi connectivity index (χ3v) is 4.99. The van der Waals surface area contributed by atoms with Crippen molar-refractivity contribution >= 4 is 17.2 Å². The van der Waals surface area contributed by atoms with Crippen LogP contribution in [0, 0.1) is 6.92 Å². The van der Waals surface area contributed by atoms with Gasteiger partial charge >= 0.3 is 5.69 Å². The van der Waals surface area contributed by atoms with Gasteiger partial charge in [-0.05, 0) is 65.4 Å². The van der Waals surface area contributed by atoms with Crippen LogP contribution in [-0.2, 0) is 17.8 Å². The molecule has 1 aliphatic heterocycles. The Kier molecular flexibility index (Phi) is 4.56. The summed E-state index contributed by atoms with van der Waals surface area (Å²) in [6.07, 6.45) is 3.24. The fourth-order valence-electron chi connectivity index (χ4n) is 3.49. The largest absolute Gasteiger partial charge is 0.350 e. The zero-order valence-electron chi connectivity index (χ0n) is 15.4. The standard InChI is InChI=1S/C20H20FN5O2/c1-12-6-16(7-15-2-3-18(27)23-19(12)15)14-4-5-25-17(8-14)24-26(20(25)28)11-13(9-21)10-22/h4-9H,2-3,10-11,22H2,1H3,(H,23,27)/b13-9+. The van der Waals surface area contributed by atoms with Gasteiger partial charge < -0.3 is 11.1 Å². The van der Waals surface area contributed by atoms with Gasteiger partial charge in [-0.15, -0.1) is 5.10 Å². The van der Waals surface area contributed by atoms with Crippen molar-refractivity contribution < 1.29 is 9.18 Å². The van der Waals surface area contributed by atoms with Crippen molar-refractivity contribution in [1.82, 2.24) is 14.2 Å². The number of nitrogens with one attached hydrogen (secondary N) is 1. The predicted octanol–water partition coefficient (Wildman–Crippen LogP) is 2.17. The minimum Gasteiger partial charge on any atom is -0.327 e. The number of fused-ring (bicyclic) bond motifs is 2. The molecule has 7 nitrogen and oxygen atoms in total. The second-order valence-corrected chi connectivity index (χ2v) is 6.93. The quantitative estimate of drug-likeness (QED) is 0.724. The van der Waals surface area contributed by atoms with Crippen LogP contribution in [0.5, 0.6) is 0 Å². The molecule has 0 fully saturated rings. The highest BCUT2D eigenvalue weighted by molar-refractivity contribution is 5.95. The van der Waals surface area contributed by atoms with E-state index in [-0.39, 0.29) is 30.3 Å². The minimum absolute atomic E-state index is 0.0144. The van der Waals surface area contributed by atoms with Gasteiger partial charge in [0.1, 0.15) is 0 Å². The molecule has 0 saturated carbocycles. The molecule has 0 saturated heterocycles. The van der Waals surface area contributed by atoms with Crippen LogP contribution >= 0.6 is 0 Å². The molecule has 0 bridgehead atoms. The summed E-state index contributed by atoms with van der Waals surface area (Å²) in [6.45, 7) is 2.00. The molecule has 0 aliphatic carbocycles. The summed E-state index contributed by atoms with van der Waals surface area (Å²) in [6, 6.07) is 7.73. The zero-order chi connectivity index (χ0) is 19.8. The number of amides is 1. The number of rotatable bonds is 4. The van der Waals surface area contributed by atoms with Gasteiger partial charge in [0.05, 0.1) is 12.9 Å². The van der Waals surface area contributed by atoms with Gasteiger partial charge in [0.2, 0.25) is 5.91 Å². The van der Waals surface area contributed by atoms with Crippen molar-refractivity contribution in [2.24, 2.45) is 5.73 Å². The van der Waals surface area contributed by atoms with Gasteiger partial charge in [0.25, 0.3) is 0 Å². The molecule has 0 atom stereocenters. The molecule has 4 rings (SSSR count). The molecule has 0 radical (unpaired) electrons. The lowest BCUT2D eigenvalue weighted by Gasteiger charge is -2.20. The first-order valence-corrected chi connectivity index (χ1v) is 9.01. The van der Waals surface area contributed by atoms with E-state index < -0.39 is 0 Å². The molecule has 3 heterocycles. The van der Waals surface area contributed by atoms with Gasteiger partial charge in [-0.25, -0.2) is 13.9 Å². The Morgan fingerprint density at radius 1 is 1.29 bits per heavy atom. The van der Waals surface area contributed by atoms with Crippen molar-refractivity contribution in [3.63, 3.8) is 0 Å². The highest BCUT2D eigenvalue weighted by Crippen LogP contribution is 2.32. The topological polar surface area (TPSA) is 94.4 Å². The number of hydrogen-bond donors (Lipinski definition) is 2. The van der Waals surface area contributed by atoms with E-state index in [0.29, 0.717) is 24.8 Å². The molecule has 1 aromatic carbocycles. The average molecular weight is 381 g/mol. The van der Waals surface area contributed by atoms with E-state index >= 15 is 0 Å². The highest BCUT2D eigenvalue weighted by Gasteiger charge is 2.18. The highest BCUT2D eigenvalue weighted by atomic mass is 19.1. The van der Waals surface area contributed by atoms with E-state index in [4.69, 9.17) is 5.73 Å². The third-order valence-electron chi connectivity index (χ3n) is 4.99. The van der Waals surface area contributed by atoms with E-state index in [0.717, 1.165) is 27.9 Å². The predicted molar refractivity (Wildman–Crippen MR) is 105 cm³/mol. The summed E-state index contributed by atoms with van der Waals surface area (Å²) in [4.78, 5) is 24.1. The molecule has 8 heteroatoms. The van der Waals surface area contributed by atoms with Crippen molar-refractivity contribution in [3.8, 4) is 11.1 Å². The maximum absolute atomic E-state index is 12.8. The first-order valence-electron chi connectivity index (χ1n) is 9.01. The molecule has 144 valence electrons. The SMILES string of the molecule is Cc1cc(-c2ccn3c(=O)n(C/C(=C/F)CN)nc3c2)cc2c1NC(=O)CC2. The second kappa shape index (κ2) is 7.05. The summed E-state index contributed by atoms with van der Waals surface area (Å²) in [7, 11) is 0. The number of anilines is 1. The van der Waals surface area contributed by atoms with Crippen LogP contribution in [0.2, 0.25) is 0 Å². The van der Waals surface area contributed by atoms with E-state index in [1.807, 2.05) is 25.1 Å². The Morgan fingerprint density at radius 2 is 2.11 bits per heavy atom. The Hall–Kier alpha value is -3.26. The van der Waals surface area contributed by atoms with Gasteiger partial charge in [-0.2, -0.15) is 0 Å². The van der Waals surface area contributed by atoms with E-state index in [2.05, 4.69) is 16.5 Å². The van der Waals surface area contributed by atoms with E-state index in [9.17, 15) is 14.0 Å². The van der Waals surface area contributed by atoms with Crippen LogP contribution in [0.15, 0.2) is 47.2 Å². The Bertz CT molecular complexity index is 1180. The number of carbonyl (C=O) groups is 1. The van der Waals surface area contributed by atoms with Gasteiger partial charge in [-0.1, -0.05) is 0 Å². The monoisotopic (exact) mass is 381 g/mol. The first kappa shape index (κ1) is 18.1. The molecule has 1 amide bonds. The molecule has 3 N–H and O–H groups in total. The summed E-state index contributed by atoms with van der Waals surface area (Å²) in [5.41, 5.74) is 10.8. The second-order valence-electron chi connectivity index (χ2n) is 6.93. The van der Waals surface area contributed by atoms with Crippen molar-refractivity contribution in [3.05, 3.63) is 64.0 Å². The number of nitrogens with zero attached hydrogens (tertiary/aromatic N) is 3. The smallest absolute Gasteiger partial charge is 0.327 e. The number of benzene rings is 1. The maximum atomic E-state index is 12.8. The number of halogens is 1. The summed E-state index contributed by atoms with van der Waals surface area (Å²) >= 11 is 0. The van der Waals surface area contributed by atoms with Crippen LogP contribution in [-0.4, -0.2) is 26.6 Å². The molecular weight excluding hydrogens is 361 g/mol. The number of aromatic nitrogens is 3. The number of carbonyl (C=O) groups excluding carboxylic acids is 1. The summed E-state index contributed by atoms with van der Waals surface area (Å²) in [5.74, 6) is 0.0360. The molecule has 2 aromatic heterocycles. The van der Waals surface area contributed by atoms with Crippen LogP contribution in [0.25, 0.3) is 16.8 Å². The summed E-state index contributed by atoms with van der Waals surface area (Å²) in [5, 5.41) is 7.23. The Labute approximate surface area is 160 Å². The molecule has 0 unspecified atom stereocenters. The number of pyridine rings is 1. The third kappa shape index (κ3) is 3.11. The fraction of sp³-hybridized carbons (Fsp3) is 0.250. The average Bonchev–Trinajstić information content (AvgIpc) is 3.01. The number of hydrogen-bond acceptors (Lipinski definition) is 4. The van der Waals surface area contributed by atoms with Crippen LogP contribution < -0.4 is 16.7 Å². The summed E-state index contributed by atoms with van der Waals surface area (Å²) < 4.78 is 15.4. The van der Waals surface area contributed by atoms with Crippen LogP contribution in [0.3, 0.4) is 0 Å². The molecule has 3 aromatic rings. The zero-order valence-corrected chi connectivity index (χ0v) is 15.4. The normalized spacial score (nSPS) is 14.2. The Balaban J connectivity index is 1.75. The van der Waals surface area contributed by atoms with Crippen LogP contribution in [0.1, 0.15) is 17.5 Å². The van der Waals surface area contributed by atoms with Gasteiger partial charge in [0, 0.05) is 24.8 Å². The minimum atomic E-state index is -0.348. The lowest BCUT2D eigenvalue weighted by molar-refractivity contribution is -0.116. The lowest BCUT2D eigenvalue weighted by atomic mass is 9.94. The maximum Gasteiger partial charge on any atom is 0.350 e. The van der Waals surface area contributed by atoms with E-state index in [1.165, 1.54) is 9.08 Å². The van der Waals surface area contributed by atoms with Crippen LogP contribution in [0.4, 0.5) is 10.1 Å². The number of nitrogens with two attached hydrogens (primary N) is 1. The molecule has 0 spiro atoms. The molecule has 28 heavy (non-hydrogen) atoms.